The highest BCUT2D eigenvalue weighted by molar-refractivity contribution is 5.76. The Bertz CT molecular complexity index is 159. The lowest BCUT2D eigenvalue weighted by atomic mass is 10.3. The van der Waals surface area contributed by atoms with Gasteiger partial charge < -0.3 is 9.64 Å². The van der Waals surface area contributed by atoms with Gasteiger partial charge in [-0.15, -0.1) is 0 Å². The first-order chi connectivity index (χ1) is 5.77. The van der Waals surface area contributed by atoms with Gasteiger partial charge in [0.15, 0.2) is 0 Å². The van der Waals surface area contributed by atoms with Crippen LogP contribution >= 0.6 is 0 Å². The van der Waals surface area contributed by atoms with Gasteiger partial charge >= 0.3 is 0 Å². The van der Waals surface area contributed by atoms with Crippen molar-refractivity contribution in [2.45, 2.75) is 25.4 Å². The topological polar surface area (TPSA) is 29.5 Å². The molecule has 1 aliphatic heterocycles. The zero-order valence-electron chi connectivity index (χ0n) is 7.58. The normalized spacial score (nSPS) is 23.2. The molecule has 0 bridgehead atoms. The summed E-state index contributed by atoms with van der Waals surface area (Å²) in [6.45, 7) is 5.26. The monoisotopic (exact) mass is 170 g/mol. The summed E-state index contributed by atoms with van der Waals surface area (Å²) in [4.78, 5) is 13.2. The van der Waals surface area contributed by atoms with Crippen LogP contribution in [0.4, 0.5) is 0 Å². The van der Waals surface area contributed by atoms with Gasteiger partial charge in [0, 0.05) is 26.6 Å². The summed E-state index contributed by atoms with van der Waals surface area (Å²) in [5.41, 5.74) is 0. The number of nitrogens with zero attached hydrogens (tertiary/aromatic N) is 1. The molecule has 0 aromatic heterocycles. The predicted molar refractivity (Wildman–Crippen MR) is 46.6 cm³/mol. The molecule has 1 rings (SSSR count). The van der Waals surface area contributed by atoms with Crippen LogP contribution in [0.2, 0.25) is 0 Å². The first-order valence-electron chi connectivity index (χ1n) is 4.37. The zero-order chi connectivity index (χ0) is 8.97. The zero-order valence-corrected chi connectivity index (χ0v) is 7.58. The molecular weight excluding hydrogens is 154 g/mol. The summed E-state index contributed by atoms with van der Waals surface area (Å²) in [6, 6.07) is 0. The van der Waals surface area contributed by atoms with E-state index in [0.717, 1.165) is 19.5 Å². The Morgan fingerprint density at radius 2 is 2.50 bits per heavy atom. The molecule has 69 valence electrons. The number of amides is 1. The number of likely N-dealkylation sites (tertiary alicyclic amines) is 1. The molecule has 3 heteroatoms. The summed E-state index contributed by atoms with van der Waals surface area (Å²) < 4.78 is 5.16. The van der Waals surface area contributed by atoms with E-state index in [-0.39, 0.29) is 12.0 Å². The van der Waals surface area contributed by atoms with Crippen LogP contribution in [0.1, 0.15) is 19.3 Å². The fraction of sp³-hybridized carbons (Fsp3) is 0.778. The van der Waals surface area contributed by atoms with Crippen LogP contribution in [-0.4, -0.2) is 37.1 Å². The van der Waals surface area contributed by atoms with Crippen molar-refractivity contribution in [2.75, 3.05) is 20.2 Å². The number of rotatable bonds is 3. The van der Waals surface area contributed by atoms with Crippen LogP contribution in [0.5, 0.6) is 0 Å². The number of hydrogen-bond acceptors (Lipinski definition) is 2. The number of methoxy groups -OCH3 is 1. The van der Waals surface area contributed by atoms with Crippen LogP contribution in [0, 0.1) is 6.92 Å². The molecule has 1 fully saturated rings. The lowest BCUT2D eigenvalue weighted by Crippen LogP contribution is -2.29. The molecule has 1 saturated heterocycles. The molecule has 0 aromatic carbocycles. The van der Waals surface area contributed by atoms with Gasteiger partial charge in [0.25, 0.3) is 0 Å². The molecule has 0 saturated carbocycles. The first-order valence-corrected chi connectivity index (χ1v) is 4.37. The minimum Gasteiger partial charge on any atom is -0.380 e. The van der Waals surface area contributed by atoms with Crippen molar-refractivity contribution < 1.29 is 9.53 Å². The Balaban J connectivity index is 2.31. The standard InChI is InChI=1S/C9H16NO2/c1-3-4-9(11)10-6-5-8(7-10)12-2/h8H,1,3-7H2,2H3. The Hall–Kier alpha value is -0.570. The van der Waals surface area contributed by atoms with Gasteiger partial charge in [-0.1, -0.05) is 6.92 Å². The fourth-order valence-electron chi connectivity index (χ4n) is 1.46. The maximum Gasteiger partial charge on any atom is 0.222 e. The van der Waals surface area contributed by atoms with E-state index in [0.29, 0.717) is 12.8 Å². The molecule has 0 spiro atoms. The smallest absolute Gasteiger partial charge is 0.222 e. The highest BCUT2D eigenvalue weighted by atomic mass is 16.5. The maximum absolute atomic E-state index is 11.3. The third kappa shape index (κ3) is 2.21. The van der Waals surface area contributed by atoms with E-state index in [4.69, 9.17) is 4.74 Å². The van der Waals surface area contributed by atoms with E-state index in [1.54, 1.807) is 7.11 Å². The quantitative estimate of drug-likeness (QED) is 0.628. The van der Waals surface area contributed by atoms with E-state index in [1.807, 2.05) is 4.90 Å². The Labute approximate surface area is 73.7 Å². The van der Waals surface area contributed by atoms with E-state index in [2.05, 4.69) is 6.92 Å². The molecule has 1 unspecified atom stereocenters. The lowest BCUT2D eigenvalue weighted by molar-refractivity contribution is -0.130. The molecular formula is C9H16NO2. The third-order valence-corrected chi connectivity index (χ3v) is 2.22. The molecule has 1 aliphatic rings. The molecule has 1 amide bonds. The minimum absolute atomic E-state index is 0.213. The van der Waals surface area contributed by atoms with E-state index >= 15 is 0 Å². The molecule has 0 N–H and O–H groups in total. The summed E-state index contributed by atoms with van der Waals surface area (Å²) in [7, 11) is 1.69. The second kappa shape index (κ2) is 4.45. The van der Waals surface area contributed by atoms with E-state index in [1.165, 1.54) is 0 Å². The van der Waals surface area contributed by atoms with Gasteiger partial charge in [-0.2, -0.15) is 0 Å². The molecule has 0 aromatic rings. The predicted octanol–water partition coefficient (Wildman–Crippen LogP) is 0.848. The summed E-state index contributed by atoms with van der Waals surface area (Å²) in [5.74, 6) is 0.213. The van der Waals surface area contributed by atoms with Gasteiger partial charge in [-0.25, -0.2) is 0 Å². The Morgan fingerprint density at radius 3 is 3.00 bits per heavy atom. The second-order valence-electron chi connectivity index (χ2n) is 3.09. The fourth-order valence-corrected chi connectivity index (χ4v) is 1.46. The average molecular weight is 170 g/mol. The largest absolute Gasteiger partial charge is 0.380 e. The van der Waals surface area contributed by atoms with Crippen LogP contribution < -0.4 is 0 Å². The summed E-state index contributed by atoms with van der Waals surface area (Å²) >= 11 is 0. The average Bonchev–Trinajstić information content (AvgIpc) is 2.52. The van der Waals surface area contributed by atoms with Crippen molar-refractivity contribution in [3.8, 4) is 0 Å². The SMILES string of the molecule is [CH2]CCC(=O)N1CCC(OC)C1. The highest BCUT2D eigenvalue weighted by Gasteiger charge is 2.24. The van der Waals surface area contributed by atoms with E-state index < -0.39 is 0 Å². The second-order valence-corrected chi connectivity index (χ2v) is 3.09. The molecule has 1 radical (unpaired) electrons. The Morgan fingerprint density at radius 1 is 1.75 bits per heavy atom. The number of carbonyl (C=O) groups excluding carboxylic acids is 1. The molecule has 1 heterocycles. The van der Waals surface area contributed by atoms with Crippen LogP contribution in [-0.2, 0) is 9.53 Å². The van der Waals surface area contributed by atoms with Gasteiger partial charge in [-0.05, 0) is 12.8 Å². The van der Waals surface area contributed by atoms with Gasteiger partial charge in [0.05, 0.1) is 6.10 Å². The minimum atomic E-state index is 0.213. The van der Waals surface area contributed by atoms with Crippen LogP contribution in [0.25, 0.3) is 0 Å². The van der Waals surface area contributed by atoms with Crippen molar-refractivity contribution in [2.24, 2.45) is 0 Å². The van der Waals surface area contributed by atoms with Gasteiger partial charge in [0.2, 0.25) is 5.91 Å². The third-order valence-electron chi connectivity index (χ3n) is 2.22. The van der Waals surface area contributed by atoms with Crippen molar-refractivity contribution in [1.29, 1.82) is 0 Å². The number of ether oxygens (including phenoxy) is 1. The van der Waals surface area contributed by atoms with Crippen molar-refractivity contribution in [3.05, 3.63) is 6.92 Å². The molecule has 12 heavy (non-hydrogen) atoms. The van der Waals surface area contributed by atoms with E-state index in [9.17, 15) is 4.79 Å². The first kappa shape index (κ1) is 9.52. The number of carbonyl (C=O) groups is 1. The highest BCUT2D eigenvalue weighted by Crippen LogP contribution is 2.12. The van der Waals surface area contributed by atoms with Crippen molar-refractivity contribution in [3.63, 3.8) is 0 Å². The van der Waals surface area contributed by atoms with Gasteiger partial charge in [0.1, 0.15) is 0 Å². The van der Waals surface area contributed by atoms with Crippen LogP contribution in [0.3, 0.4) is 0 Å². The molecule has 3 nitrogen and oxygen atoms in total. The summed E-state index contributed by atoms with van der Waals surface area (Å²) in [6.07, 6.45) is 2.47. The lowest BCUT2D eigenvalue weighted by Gasteiger charge is -2.15. The maximum atomic E-state index is 11.3. The van der Waals surface area contributed by atoms with Crippen molar-refractivity contribution >= 4 is 5.91 Å². The van der Waals surface area contributed by atoms with Gasteiger partial charge in [-0.3, -0.25) is 4.79 Å². The molecule has 1 atom stereocenters. The van der Waals surface area contributed by atoms with Crippen molar-refractivity contribution in [1.82, 2.24) is 4.90 Å². The summed E-state index contributed by atoms with van der Waals surface area (Å²) in [5, 5.41) is 0. The Kier molecular flexibility index (Phi) is 3.53. The molecule has 0 aliphatic carbocycles. The van der Waals surface area contributed by atoms with Crippen LogP contribution in [0.15, 0.2) is 0 Å². The number of hydrogen-bond donors (Lipinski definition) is 0.